The number of nitrogen functional groups attached to an aromatic ring is 1. The normalized spacial score (nSPS) is 16.6. The van der Waals surface area contributed by atoms with E-state index in [0.717, 1.165) is 12.2 Å². The average molecular weight is 233 g/mol. The fourth-order valence-corrected chi connectivity index (χ4v) is 2.71. The number of rotatable bonds is 4. The van der Waals surface area contributed by atoms with Gasteiger partial charge in [0.25, 0.3) is 0 Å². The molecule has 0 spiro atoms. The standard InChI is InChI=1S/C14H23N3/c1-11(2)10-17(12-5-3-4-6-12)14-7-8-16-9-13(14)15/h7-9,11-12H,3-6,10,15H2,1-2H3. The number of anilines is 2. The van der Waals surface area contributed by atoms with Crippen molar-refractivity contribution < 1.29 is 0 Å². The van der Waals surface area contributed by atoms with Crippen LogP contribution in [-0.4, -0.2) is 17.6 Å². The Morgan fingerprint density at radius 3 is 2.71 bits per heavy atom. The van der Waals surface area contributed by atoms with Crippen molar-refractivity contribution in [2.45, 2.75) is 45.6 Å². The highest BCUT2D eigenvalue weighted by molar-refractivity contribution is 5.66. The molecular weight excluding hydrogens is 210 g/mol. The molecule has 2 N–H and O–H groups in total. The van der Waals surface area contributed by atoms with Gasteiger partial charge in [-0.25, -0.2) is 0 Å². The molecular formula is C14H23N3. The fourth-order valence-electron chi connectivity index (χ4n) is 2.71. The van der Waals surface area contributed by atoms with Gasteiger partial charge in [-0.15, -0.1) is 0 Å². The highest BCUT2D eigenvalue weighted by atomic mass is 15.2. The molecule has 17 heavy (non-hydrogen) atoms. The topological polar surface area (TPSA) is 42.2 Å². The molecule has 3 heteroatoms. The summed E-state index contributed by atoms with van der Waals surface area (Å²) >= 11 is 0. The minimum absolute atomic E-state index is 0.656. The lowest BCUT2D eigenvalue weighted by Gasteiger charge is -2.33. The van der Waals surface area contributed by atoms with Gasteiger partial charge in [0.1, 0.15) is 0 Å². The molecule has 0 amide bonds. The molecule has 1 heterocycles. The molecule has 1 aliphatic rings. The van der Waals surface area contributed by atoms with Crippen molar-refractivity contribution in [1.82, 2.24) is 4.98 Å². The lowest BCUT2D eigenvalue weighted by Crippen LogP contribution is -2.36. The monoisotopic (exact) mass is 233 g/mol. The van der Waals surface area contributed by atoms with E-state index in [1.54, 1.807) is 6.20 Å². The summed E-state index contributed by atoms with van der Waals surface area (Å²) in [6.45, 7) is 5.61. The van der Waals surface area contributed by atoms with Crippen LogP contribution in [0.3, 0.4) is 0 Å². The van der Waals surface area contributed by atoms with Crippen molar-refractivity contribution in [2.24, 2.45) is 5.92 Å². The van der Waals surface area contributed by atoms with Crippen molar-refractivity contribution in [1.29, 1.82) is 0 Å². The van der Waals surface area contributed by atoms with E-state index in [4.69, 9.17) is 5.73 Å². The molecule has 1 fully saturated rings. The summed E-state index contributed by atoms with van der Waals surface area (Å²) in [6, 6.07) is 2.72. The van der Waals surface area contributed by atoms with E-state index in [1.807, 2.05) is 6.20 Å². The van der Waals surface area contributed by atoms with Crippen molar-refractivity contribution in [3.63, 3.8) is 0 Å². The predicted molar refractivity (Wildman–Crippen MR) is 73.1 cm³/mol. The summed E-state index contributed by atoms with van der Waals surface area (Å²) in [5.41, 5.74) is 8.03. The second kappa shape index (κ2) is 5.39. The van der Waals surface area contributed by atoms with Crippen LogP contribution in [0.1, 0.15) is 39.5 Å². The molecule has 0 atom stereocenters. The zero-order valence-corrected chi connectivity index (χ0v) is 10.9. The molecule has 0 saturated heterocycles. The SMILES string of the molecule is CC(C)CN(c1ccncc1N)C1CCCC1. The van der Waals surface area contributed by atoms with Crippen LogP contribution in [0.25, 0.3) is 0 Å². The van der Waals surface area contributed by atoms with Crippen molar-refractivity contribution in [3.8, 4) is 0 Å². The minimum atomic E-state index is 0.656. The van der Waals surface area contributed by atoms with Crippen molar-refractivity contribution in [2.75, 3.05) is 17.2 Å². The van der Waals surface area contributed by atoms with Crippen LogP contribution in [0.15, 0.2) is 18.5 Å². The first kappa shape index (κ1) is 12.2. The first-order chi connectivity index (χ1) is 8.18. The highest BCUT2D eigenvalue weighted by Crippen LogP contribution is 2.31. The minimum Gasteiger partial charge on any atom is -0.396 e. The van der Waals surface area contributed by atoms with Crippen LogP contribution in [0.5, 0.6) is 0 Å². The van der Waals surface area contributed by atoms with E-state index >= 15 is 0 Å². The van der Waals surface area contributed by atoms with Crippen LogP contribution < -0.4 is 10.6 Å². The maximum atomic E-state index is 6.06. The number of aromatic nitrogens is 1. The molecule has 0 aromatic carbocycles. The maximum absolute atomic E-state index is 6.06. The van der Waals surface area contributed by atoms with E-state index in [0.29, 0.717) is 12.0 Å². The summed E-state index contributed by atoms with van der Waals surface area (Å²) in [5, 5.41) is 0. The largest absolute Gasteiger partial charge is 0.396 e. The number of pyridine rings is 1. The lowest BCUT2D eigenvalue weighted by molar-refractivity contribution is 0.536. The van der Waals surface area contributed by atoms with E-state index in [9.17, 15) is 0 Å². The van der Waals surface area contributed by atoms with Gasteiger partial charge in [-0.1, -0.05) is 26.7 Å². The number of hydrogen-bond donors (Lipinski definition) is 1. The second-order valence-corrected chi connectivity index (χ2v) is 5.42. The quantitative estimate of drug-likeness (QED) is 0.869. The van der Waals surface area contributed by atoms with Gasteiger partial charge in [0.05, 0.1) is 17.6 Å². The molecule has 0 unspecified atom stereocenters. The molecule has 3 nitrogen and oxygen atoms in total. The van der Waals surface area contributed by atoms with E-state index in [-0.39, 0.29) is 0 Å². The Kier molecular flexibility index (Phi) is 3.87. The van der Waals surface area contributed by atoms with Gasteiger partial charge in [-0.05, 0) is 24.8 Å². The van der Waals surface area contributed by atoms with Gasteiger partial charge >= 0.3 is 0 Å². The summed E-state index contributed by atoms with van der Waals surface area (Å²) in [5.74, 6) is 0.656. The molecule has 0 bridgehead atoms. The third kappa shape index (κ3) is 2.90. The Morgan fingerprint density at radius 2 is 2.12 bits per heavy atom. The van der Waals surface area contributed by atoms with Crippen LogP contribution in [0.2, 0.25) is 0 Å². The molecule has 0 aliphatic heterocycles. The fraction of sp³-hybridized carbons (Fsp3) is 0.643. The van der Waals surface area contributed by atoms with Crippen LogP contribution >= 0.6 is 0 Å². The third-order valence-electron chi connectivity index (χ3n) is 3.46. The Bertz CT molecular complexity index is 356. The van der Waals surface area contributed by atoms with Gasteiger partial charge in [0, 0.05) is 18.8 Å². The summed E-state index contributed by atoms with van der Waals surface area (Å²) < 4.78 is 0. The summed E-state index contributed by atoms with van der Waals surface area (Å²) in [6.07, 6.45) is 8.91. The summed E-state index contributed by atoms with van der Waals surface area (Å²) in [4.78, 5) is 6.58. The first-order valence-corrected chi connectivity index (χ1v) is 6.64. The van der Waals surface area contributed by atoms with E-state index in [2.05, 4.69) is 29.8 Å². The molecule has 1 aromatic rings. The van der Waals surface area contributed by atoms with Gasteiger partial charge in [-0.3, -0.25) is 4.98 Å². The highest BCUT2D eigenvalue weighted by Gasteiger charge is 2.24. The third-order valence-corrected chi connectivity index (χ3v) is 3.46. The maximum Gasteiger partial charge on any atom is 0.0738 e. The second-order valence-electron chi connectivity index (χ2n) is 5.42. The Labute approximate surface area is 104 Å². The first-order valence-electron chi connectivity index (χ1n) is 6.64. The van der Waals surface area contributed by atoms with Crippen LogP contribution in [0.4, 0.5) is 11.4 Å². The van der Waals surface area contributed by atoms with Crippen LogP contribution in [0, 0.1) is 5.92 Å². The molecule has 1 aliphatic carbocycles. The molecule has 1 aromatic heterocycles. The Morgan fingerprint density at radius 1 is 1.41 bits per heavy atom. The number of nitrogens with zero attached hydrogens (tertiary/aromatic N) is 2. The zero-order chi connectivity index (χ0) is 12.3. The van der Waals surface area contributed by atoms with Crippen molar-refractivity contribution in [3.05, 3.63) is 18.5 Å². The molecule has 0 radical (unpaired) electrons. The zero-order valence-electron chi connectivity index (χ0n) is 10.9. The molecule has 94 valence electrons. The molecule has 1 saturated carbocycles. The number of hydrogen-bond acceptors (Lipinski definition) is 3. The Balaban J connectivity index is 2.22. The number of nitrogens with two attached hydrogens (primary N) is 1. The van der Waals surface area contributed by atoms with Gasteiger partial charge in [-0.2, -0.15) is 0 Å². The van der Waals surface area contributed by atoms with E-state index in [1.165, 1.54) is 31.4 Å². The molecule has 2 rings (SSSR count). The lowest BCUT2D eigenvalue weighted by atomic mass is 10.1. The Hall–Kier alpha value is -1.25. The smallest absolute Gasteiger partial charge is 0.0738 e. The van der Waals surface area contributed by atoms with Crippen molar-refractivity contribution >= 4 is 11.4 Å². The van der Waals surface area contributed by atoms with E-state index < -0.39 is 0 Å². The average Bonchev–Trinajstić information content (AvgIpc) is 2.80. The van der Waals surface area contributed by atoms with Gasteiger partial charge in [0.15, 0.2) is 0 Å². The van der Waals surface area contributed by atoms with Crippen LogP contribution in [-0.2, 0) is 0 Å². The predicted octanol–water partition coefficient (Wildman–Crippen LogP) is 3.07. The summed E-state index contributed by atoms with van der Waals surface area (Å²) in [7, 11) is 0. The van der Waals surface area contributed by atoms with Gasteiger partial charge < -0.3 is 10.6 Å². The van der Waals surface area contributed by atoms with Gasteiger partial charge in [0.2, 0.25) is 0 Å².